The van der Waals surface area contributed by atoms with Gasteiger partial charge in [-0.15, -0.1) is 0 Å². The molecule has 1 aliphatic rings. The Morgan fingerprint density at radius 2 is 1.19 bits per heavy atom. The number of phosphoric acid groups is 1. The van der Waals surface area contributed by atoms with Crippen LogP contribution in [0.5, 0.6) is 0 Å². The summed E-state index contributed by atoms with van der Waals surface area (Å²) in [6.07, 6.45) is 35.5. The van der Waals surface area contributed by atoms with E-state index in [0.29, 0.717) is 18.6 Å². The number of unbranched alkanes of at least 4 members (excludes halogenated alkanes) is 21. The van der Waals surface area contributed by atoms with E-state index >= 15 is 0 Å². The van der Waals surface area contributed by atoms with E-state index in [-0.39, 0.29) is 38.6 Å². The first kappa shape index (κ1) is 48.7. The van der Waals surface area contributed by atoms with Crippen LogP contribution in [0.4, 0.5) is 0 Å². The first-order valence-corrected chi connectivity index (χ1v) is 22.8. The van der Waals surface area contributed by atoms with Crippen LogP contribution >= 0.6 is 7.82 Å². The molecule has 3 N–H and O–H groups in total. The van der Waals surface area contributed by atoms with Gasteiger partial charge in [0.05, 0.1) is 25.4 Å². The fraction of sp³-hybridized carbons (Fsp3) is 0.902. The van der Waals surface area contributed by atoms with Crippen molar-refractivity contribution in [3.8, 4) is 0 Å². The van der Waals surface area contributed by atoms with E-state index in [1.807, 2.05) is 0 Å². The first-order chi connectivity index (χ1) is 25.3. The molecule has 0 spiro atoms. The van der Waals surface area contributed by atoms with E-state index in [9.17, 15) is 19.0 Å². The highest BCUT2D eigenvalue weighted by molar-refractivity contribution is 7.47. The van der Waals surface area contributed by atoms with Gasteiger partial charge >= 0.3 is 19.8 Å². The van der Waals surface area contributed by atoms with Gasteiger partial charge in [0, 0.05) is 19.4 Å². The van der Waals surface area contributed by atoms with E-state index in [0.717, 1.165) is 57.8 Å². The van der Waals surface area contributed by atoms with Gasteiger partial charge in [-0.2, -0.15) is 0 Å². The molecule has 1 saturated heterocycles. The van der Waals surface area contributed by atoms with Crippen molar-refractivity contribution in [2.45, 2.75) is 212 Å². The number of carbonyl (C=O) groups excluding carboxylic acids is 2. The van der Waals surface area contributed by atoms with Gasteiger partial charge in [0.2, 0.25) is 0 Å². The zero-order valence-corrected chi connectivity index (χ0v) is 34.1. The lowest BCUT2D eigenvalue weighted by molar-refractivity contribution is -0.161. The molecule has 0 saturated carbocycles. The summed E-state index contributed by atoms with van der Waals surface area (Å²) in [5.41, 5.74) is 5.34. The third kappa shape index (κ3) is 31.1. The fourth-order valence-electron chi connectivity index (χ4n) is 6.29. The molecule has 1 fully saturated rings. The summed E-state index contributed by atoms with van der Waals surface area (Å²) >= 11 is 0. The average Bonchev–Trinajstić information content (AvgIpc) is 3.88. The Hall–Kier alpha value is -1.29. The van der Waals surface area contributed by atoms with Gasteiger partial charge in [0.1, 0.15) is 6.61 Å². The molecule has 0 amide bonds. The van der Waals surface area contributed by atoms with Crippen LogP contribution in [-0.4, -0.2) is 61.5 Å². The van der Waals surface area contributed by atoms with Gasteiger partial charge in [-0.1, -0.05) is 154 Å². The molecule has 52 heavy (non-hydrogen) atoms. The molecule has 1 rings (SSSR count). The minimum Gasteiger partial charge on any atom is -0.462 e. The molecule has 1 aliphatic heterocycles. The predicted octanol–water partition coefficient (Wildman–Crippen LogP) is 10.8. The average molecular weight is 760 g/mol. The second kappa shape index (κ2) is 34.2. The Labute approximate surface area is 317 Å². The summed E-state index contributed by atoms with van der Waals surface area (Å²) < 4.78 is 38.5. The highest BCUT2D eigenvalue weighted by atomic mass is 31.2. The molecule has 306 valence electrons. The molecule has 11 heteroatoms. The summed E-state index contributed by atoms with van der Waals surface area (Å²) in [5.74, 6) is -0.842. The summed E-state index contributed by atoms with van der Waals surface area (Å²) in [4.78, 5) is 34.8. The van der Waals surface area contributed by atoms with Crippen molar-refractivity contribution >= 4 is 19.8 Å². The number of allylic oxidation sites excluding steroid dienone is 1. The smallest absolute Gasteiger partial charge is 0.462 e. The number of hydrogen-bond acceptors (Lipinski definition) is 9. The molecular formula is C41H78NO9P. The highest BCUT2D eigenvalue weighted by Crippen LogP contribution is 2.43. The lowest BCUT2D eigenvalue weighted by atomic mass is 10.0. The first-order valence-electron chi connectivity index (χ1n) is 21.3. The maximum atomic E-state index is 12.6. The van der Waals surface area contributed by atoms with Gasteiger partial charge in [0.15, 0.2) is 6.10 Å². The maximum absolute atomic E-state index is 12.6. The monoisotopic (exact) mass is 760 g/mol. The van der Waals surface area contributed by atoms with Gasteiger partial charge in [0.25, 0.3) is 0 Å². The number of ether oxygens (including phenoxy) is 3. The number of esters is 2. The number of nitrogens with two attached hydrogens (primary N) is 1. The minimum absolute atomic E-state index is 0.0510. The van der Waals surface area contributed by atoms with Crippen LogP contribution in [0.25, 0.3) is 0 Å². The van der Waals surface area contributed by atoms with Crippen LogP contribution in [0.1, 0.15) is 194 Å². The summed E-state index contributed by atoms with van der Waals surface area (Å²) in [6, 6.07) is 0. The molecular weight excluding hydrogens is 681 g/mol. The largest absolute Gasteiger partial charge is 0.472 e. The Morgan fingerprint density at radius 3 is 1.77 bits per heavy atom. The van der Waals surface area contributed by atoms with Crippen LogP contribution < -0.4 is 5.73 Å². The van der Waals surface area contributed by atoms with Crippen LogP contribution in [0.2, 0.25) is 0 Å². The number of epoxide rings is 1. The minimum atomic E-state index is -4.38. The van der Waals surface area contributed by atoms with E-state index in [1.165, 1.54) is 103 Å². The quantitative estimate of drug-likeness (QED) is 0.0204. The van der Waals surface area contributed by atoms with Crippen molar-refractivity contribution < 1.29 is 42.3 Å². The van der Waals surface area contributed by atoms with Crippen LogP contribution in [0.15, 0.2) is 12.2 Å². The maximum Gasteiger partial charge on any atom is 0.472 e. The molecule has 4 atom stereocenters. The summed E-state index contributed by atoms with van der Waals surface area (Å²) in [7, 11) is -4.38. The third-order valence-electron chi connectivity index (χ3n) is 9.58. The van der Waals surface area contributed by atoms with Gasteiger partial charge in [-0.3, -0.25) is 18.6 Å². The van der Waals surface area contributed by atoms with Crippen molar-refractivity contribution in [1.29, 1.82) is 0 Å². The van der Waals surface area contributed by atoms with E-state index < -0.39 is 26.5 Å². The van der Waals surface area contributed by atoms with Crippen molar-refractivity contribution in [1.82, 2.24) is 0 Å². The Balaban J connectivity index is 2.17. The zero-order chi connectivity index (χ0) is 38.0. The number of hydrogen-bond donors (Lipinski definition) is 2. The third-order valence-corrected chi connectivity index (χ3v) is 10.6. The van der Waals surface area contributed by atoms with Crippen molar-refractivity contribution in [2.24, 2.45) is 5.73 Å². The standard InChI is InChI=1S/C41H78NO9P/c1-3-5-7-8-9-10-11-12-13-14-15-16-20-23-27-31-40(43)47-35-37(36-49-52(45,46)48-34-33-42)50-41(44)32-28-24-21-18-17-19-22-26-30-39-38(51-39)29-25-6-4-2/h22,26,37-39H,3-21,23-25,27-36,42H2,1-2H3,(H,45,46)/b26-22-. The fourth-order valence-corrected chi connectivity index (χ4v) is 7.05. The second-order valence-corrected chi connectivity index (χ2v) is 16.1. The highest BCUT2D eigenvalue weighted by Gasteiger charge is 2.36. The van der Waals surface area contributed by atoms with Crippen LogP contribution in [0.3, 0.4) is 0 Å². The topological polar surface area (TPSA) is 147 Å². The van der Waals surface area contributed by atoms with Gasteiger partial charge in [-0.25, -0.2) is 4.57 Å². The lowest BCUT2D eigenvalue weighted by Gasteiger charge is -2.19. The molecule has 4 unspecified atom stereocenters. The normalized spacial score (nSPS) is 17.3. The number of rotatable bonds is 39. The Bertz CT molecular complexity index is 934. The van der Waals surface area contributed by atoms with Crippen LogP contribution in [-0.2, 0) is 37.4 Å². The van der Waals surface area contributed by atoms with Crippen molar-refractivity contribution in [3.63, 3.8) is 0 Å². The number of phosphoric ester groups is 1. The summed E-state index contributed by atoms with van der Waals surface area (Å²) in [5, 5.41) is 0. The molecule has 10 nitrogen and oxygen atoms in total. The zero-order valence-electron chi connectivity index (χ0n) is 33.3. The molecule has 0 aromatic carbocycles. The Kier molecular flexibility index (Phi) is 32.1. The molecule has 0 aromatic rings. The second-order valence-electron chi connectivity index (χ2n) is 14.6. The predicted molar refractivity (Wildman–Crippen MR) is 210 cm³/mol. The van der Waals surface area contributed by atoms with E-state index in [4.69, 9.17) is 29.0 Å². The van der Waals surface area contributed by atoms with Crippen molar-refractivity contribution in [3.05, 3.63) is 12.2 Å². The Morgan fingerprint density at radius 1 is 0.673 bits per heavy atom. The molecule has 0 aliphatic carbocycles. The lowest BCUT2D eigenvalue weighted by Crippen LogP contribution is -2.29. The van der Waals surface area contributed by atoms with E-state index in [2.05, 4.69) is 26.0 Å². The molecule has 0 radical (unpaired) electrons. The summed E-state index contributed by atoms with van der Waals surface area (Å²) in [6.45, 7) is 3.69. The van der Waals surface area contributed by atoms with Crippen LogP contribution in [0, 0.1) is 0 Å². The number of carbonyl (C=O) groups is 2. The van der Waals surface area contributed by atoms with E-state index in [1.54, 1.807) is 0 Å². The van der Waals surface area contributed by atoms with Gasteiger partial charge in [-0.05, 0) is 38.5 Å². The molecule has 1 heterocycles. The van der Waals surface area contributed by atoms with Gasteiger partial charge < -0.3 is 24.8 Å². The molecule has 0 aromatic heterocycles. The SMILES string of the molecule is CCCCCCCCCCCCCCCCCC(=O)OCC(COP(=O)(O)OCCN)OC(=O)CCCCCCC/C=C\CC1OC1CCCCC. The molecule has 0 bridgehead atoms. The van der Waals surface area contributed by atoms with Crippen molar-refractivity contribution in [2.75, 3.05) is 26.4 Å².